The number of hydrogen-bond acceptors (Lipinski definition) is 4. The molecular weight excluding hydrogens is 386 g/mol. The van der Waals surface area contributed by atoms with Crippen molar-refractivity contribution in [1.82, 2.24) is 0 Å². The third kappa shape index (κ3) is 3.79. The van der Waals surface area contributed by atoms with Gasteiger partial charge in [-0.25, -0.2) is 8.42 Å². The van der Waals surface area contributed by atoms with Crippen molar-refractivity contribution < 1.29 is 17.6 Å². The summed E-state index contributed by atoms with van der Waals surface area (Å²) in [6, 6.07) is 23.3. The number of carbonyl (C=O) groups is 1. The predicted molar refractivity (Wildman–Crippen MR) is 113 cm³/mol. The minimum atomic E-state index is -3.59. The van der Waals surface area contributed by atoms with Gasteiger partial charge in [0.25, 0.3) is 5.91 Å². The number of hydrogen-bond donors (Lipinski definition) is 0. The molecule has 1 heterocycles. The molecule has 0 bridgehead atoms. The smallest absolute Gasteiger partial charge is 0.294 e. The molecule has 3 aromatic carbocycles. The Hall–Kier alpha value is -3.38. The lowest BCUT2D eigenvalue weighted by molar-refractivity contribution is 0.0965. The van der Waals surface area contributed by atoms with Crippen LogP contribution in [0.15, 0.2) is 94.4 Å². The molecule has 4 rings (SSSR count). The number of nitrogens with zero attached hydrogens (tertiary/aromatic N) is 1. The van der Waals surface area contributed by atoms with Crippen LogP contribution in [0.25, 0.3) is 10.8 Å². The van der Waals surface area contributed by atoms with Crippen LogP contribution in [-0.2, 0) is 15.6 Å². The van der Waals surface area contributed by atoms with E-state index in [2.05, 4.69) is 0 Å². The molecule has 4 aromatic rings. The number of furan rings is 1. The summed E-state index contributed by atoms with van der Waals surface area (Å²) in [6.45, 7) is 0. The Kier molecular flexibility index (Phi) is 4.94. The van der Waals surface area contributed by atoms with E-state index in [1.165, 1.54) is 29.4 Å². The molecule has 0 spiro atoms. The summed E-state index contributed by atoms with van der Waals surface area (Å²) in [5.41, 5.74) is 1.04. The van der Waals surface area contributed by atoms with E-state index < -0.39 is 15.7 Å². The van der Waals surface area contributed by atoms with E-state index in [4.69, 9.17) is 4.42 Å². The van der Waals surface area contributed by atoms with Crippen LogP contribution in [0, 0.1) is 0 Å². The average Bonchev–Trinajstić information content (AvgIpc) is 3.20. The molecule has 5 nitrogen and oxygen atoms in total. The largest absolute Gasteiger partial charge is 0.459 e. The van der Waals surface area contributed by atoms with Crippen LogP contribution in [0.4, 0.5) is 5.69 Å². The highest BCUT2D eigenvalue weighted by atomic mass is 32.2. The Morgan fingerprint density at radius 2 is 1.59 bits per heavy atom. The number of carbonyl (C=O) groups excluding carboxylic acids is 1. The van der Waals surface area contributed by atoms with Crippen LogP contribution in [0.2, 0.25) is 0 Å². The number of anilines is 1. The minimum Gasteiger partial charge on any atom is -0.459 e. The number of fused-ring (bicyclic) bond motifs is 1. The fourth-order valence-electron chi connectivity index (χ4n) is 3.21. The van der Waals surface area contributed by atoms with Crippen LogP contribution in [0.3, 0.4) is 0 Å². The van der Waals surface area contributed by atoms with Crippen molar-refractivity contribution in [3.05, 3.63) is 96.4 Å². The highest BCUT2D eigenvalue weighted by molar-refractivity contribution is 7.90. The summed E-state index contributed by atoms with van der Waals surface area (Å²) >= 11 is 0. The zero-order valence-electron chi connectivity index (χ0n) is 15.8. The second kappa shape index (κ2) is 7.56. The van der Waals surface area contributed by atoms with E-state index in [9.17, 15) is 13.2 Å². The second-order valence-corrected chi connectivity index (χ2v) is 8.73. The fourth-order valence-corrected chi connectivity index (χ4v) is 4.58. The third-order valence-corrected chi connectivity index (χ3v) is 6.50. The summed E-state index contributed by atoms with van der Waals surface area (Å²) < 4.78 is 30.8. The highest BCUT2D eigenvalue weighted by Gasteiger charge is 2.25. The first-order valence-corrected chi connectivity index (χ1v) is 10.7. The summed E-state index contributed by atoms with van der Waals surface area (Å²) in [4.78, 5) is 14.7. The Bertz CT molecular complexity index is 1280. The molecule has 0 N–H and O–H groups in total. The molecule has 1 aromatic heterocycles. The quantitative estimate of drug-likeness (QED) is 0.483. The average molecular weight is 405 g/mol. The van der Waals surface area contributed by atoms with Crippen molar-refractivity contribution in [2.75, 3.05) is 11.9 Å². The summed E-state index contributed by atoms with van der Waals surface area (Å²) in [6.07, 6.45) is 1.34. The lowest BCUT2D eigenvalue weighted by Crippen LogP contribution is -2.27. The van der Waals surface area contributed by atoms with E-state index in [0.29, 0.717) is 11.3 Å². The van der Waals surface area contributed by atoms with Gasteiger partial charge in [0, 0.05) is 18.3 Å². The van der Waals surface area contributed by atoms with Crippen molar-refractivity contribution in [3.8, 4) is 0 Å². The van der Waals surface area contributed by atoms with Crippen LogP contribution in [0.1, 0.15) is 16.1 Å². The van der Waals surface area contributed by atoms with Crippen molar-refractivity contribution in [3.63, 3.8) is 0 Å². The molecule has 0 saturated carbocycles. The lowest BCUT2D eigenvalue weighted by Gasteiger charge is -2.17. The van der Waals surface area contributed by atoms with Gasteiger partial charge in [-0.2, -0.15) is 0 Å². The van der Waals surface area contributed by atoms with Crippen molar-refractivity contribution in [1.29, 1.82) is 0 Å². The standard InChI is InChI=1S/C23H19NO4S/c1-24(20-12-11-17-7-5-6-8-18(17)15-20)23(25)22-19(13-14-28-22)16-29(26,27)21-9-3-2-4-10-21/h2-15H,16H2,1H3. The van der Waals surface area contributed by atoms with Gasteiger partial charge in [0.1, 0.15) is 0 Å². The molecule has 0 fully saturated rings. The van der Waals surface area contributed by atoms with Gasteiger partial charge in [0.05, 0.1) is 16.9 Å². The van der Waals surface area contributed by atoms with Crippen molar-refractivity contribution >= 4 is 32.2 Å². The van der Waals surface area contributed by atoms with E-state index in [-0.39, 0.29) is 16.4 Å². The van der Waals surface area contributed by atoms with Gasteiger partial charge >= 0.3 is 0 Å². The monoisotopic (exact) mass is 405 g/mol. The summed E-state index contributed by atoms with van der Waals surface area (Å²) in [5, 5.41) is 2.08. The lowest BCUT2D eigenvalue weighted by atomic mass is 10.1. The first kappa shape index (κ1) is 19.0. The maximum absolute atomic E-state index is 13.0. The molecule has 146 valence electrons. The zero-order valence-corrected chi connectivity index (χ0v) is 16.6. The van der Waals surface area contributed by atoms with Gasteiger partial charge in [-0.1, -0.05) is 48.5 Å². The van der Waals surface area contributed by atoms with E-state index >= 15 is 0 Å². The van der Waals surface area contributed by atoms with Gasteiger partial charge in [-0.15, -0.1) is 0 Å². The van der Waals surface area contributed by atoms with Gasteiger partial charge in [-0.3, -0.25) is 4.79 Å². The molecule has 0 unspecified atom stereocenters. The topological polar surface area (TPSA) is 67.6 Å². The molecule has 0 aliphatic heterocycles. The Balaban J connectivity index is 1.62. The Morgan fingerprint density at radius 1 is 0.897 bits per heavy atom. The maximum Gasteiger partial charge on any atom is 0.294 e. The van der Waals surface area contributed by atoms with E-state index in [1.54, 1.807) is 25.2 Å². The Morgan fingerprint density at radius 3 is 2.34 bits per heavy atom. The summed E-state index contributed by atoms with van der Waals surface area (Å²) in [5.74, 6) is -0.677. The molecule has 0 atom stereocenters. The van der Waals surface area contributed by atoms with E-state index in [0.717, 1.165) is 10.8 Å². The maximum atomic E-state index is 13.0. The van der Waals surface area contributed by atoms with Crippen LogP contribution in [0.5, 0.6) is 0 Å². The number of benzene rings is 3. The van der Waals surface area contributed by atoms with Crippen LogP contribution >= 0.6 is 0 Å². The minimum absolute atomic E-state index is 0.0279. The Labute approximate surface area is 169 Å². The molecule has 0 aliphatic carbocycles. The molecule has 1 amide bonds. The van der Waals surface area contributed by atoms with Gasteiger partial charge in [-0.05, 0) is 41.1 Å². The number of sulfone groups is 1. The van der Waals surface area contributed by atoms with Gasteiger partial charge in [0.15, 0.2) is 15.6 Å². The first-order valence-electron chi connectivity index (χ1n) is 9.07. The molecule has 29 heavy (non-hydrogen) atoms. The SMILES string of the molecule is CN(C(=O)c1occc1CS(=O)(=O)c1ccccc1)c1ccc2ccccc2c1. The van der Waals surface area contributed by atoms with Crippen LogP contribution < -0.4 is 4.90 Å². The fraction of sp³-hybridized carbons (Fsp3) is 0.0870. The molecule has 6 heteroatoms. The molecule has 0 aliphatic rings. The number of amides is 1. The summed E-state index contributed by atoms with van der Waals surface area (Å²) in [7, 11) is -1.95. The first-order chi connectivity index (χ1) is 14.0. The molecule has 0 radical (unpaired) electrons. The van der Waals surface area contributed by atoms with Gasteiger partial charge < -0.3 is 9.32 Å². The third-order valence-electron chi connectivity index (χ3n) is 4.81. The van der Waals surface area contributed by atoms with Crippen molar-refractivity contribution in [2.45, 2.75) is 10.6 Å². The normalized spacial score (nSPS) is 11.5. The second-order valence-electron chi connectivity index (χ2n) is 6.74. The molecule has 0 saturated heterocycles. The zero-order chi connectivity index (χ0) is 20.4. The number of rotatable bonds is 5. The molecular formula is C23H19NO4S. The highest BCUT2D eigenvalue weighted by Crippen LogP contribution is 2.25. The van der Waals surface area contributed by atoms with E-state index in [1.807, 2.05) is 42.5 Å². The van der Waals surface area contributed by atoms with Crippen LogP contribution in [-0.4, -0.2) is 21.4 Å². The predicted octanol–water partition coefficient (Wildman–Crippen LogP) is 4.68. The van der Waals surface area contributed by atoms with Gasteiger partial charge in [0.2, 0.25) is 0 Å². The van der Waals surface area contributed by atoms with Crippen molar-refractivity contribution in [2.24, 2.45) is 0 Å².